The Kier molecular flexibility index (Phi) is 9.92. The topological polar surface area (TPSA) is 55.1 Å². The van der Waals surface area contributed by atoms with E-state index in [-0.39, 0.29) is 24.4 Å². The van der Waals surface area contributed by atoms with Crippen LogP contribution in [-0.2, 0) is 4.79 Å². The van der Waals surface area contributed by atoms with E-state index < -0.39 is 0 Å². The molecular weight excluding hydrogens is 280 g/mol. The first-order valence-corrected chi connectivity index (χ1v) is 7.63. The summed E-state index contributed by atoms with van der Waals surface area (Å²) in [6, 6.07) is 4.31. The number of rotatable bonds is 8. The molecule has 1 atom stereocenters. The molecule has 1 amide bonds. The highest BCUT2D eigenvalue weighted by molar-refractivity contribution is 7.10. The summed E-state index contributed by atoms with van der Waals surface area (Å²) in [5, 5.41) is 5.24. The van der Waals surface area contributed by atoms with Crippen LogP contribution < -0.4 is 11.1 Å². The van der Waals surface area contributed by atoms with Gasteiger partial charge in [-0.25, -0.2) is 0 Å². The largest absolute Gasteiger partial charge is 0.348 e. The van der Waals surface area contributed by atoms with Crippen LogP contribution in [-0.4, -0.2) is 12.5 Å². The van der Waals surface area contributed by atoms with Crippen LogP contribution in [0.2, 0.25) is 0 Å². The Labute approximate surface area is 126 Å². The van der Waals surface area contributed by atoms with Gasteiger partial charge in [-0.3, -0.25) is 4.79 Å². The first-order chi connectivity index (χ1) is 8.72. The summed E-state index contributed by atoms with van der Waals surface area (Å²) in [5.41, 5.74) is 5.44. The number of nitrogens with one attached hydrogen (secondary N) is 1. The van der Waals surface area contributed by atoms with Crippen LogP contribution in [0.25, 0.3) is 0 Å². The van der Waals surface area contributed by atoms with Gasteiger partial charge in [-0.05, 0) is 30.3 Å². The zero-order valence-electron chi connectivity index (χ0n) is 11.7. The van der Waals surface area contributed by atoms with Gasteiger partial charge in [0.25, 0.3) is 0 Å². The summed E-state index contributed by atoms with van der Waals surface area (Å²) in [7, 11) is 0. The van der Waals surface area contributed by atoms with Crippen LogP contribution in [0.1, 0.15) is 50.4 Å². The molecule has 1 heterocycles. The summed E-state index contributed by atoms with van der Waals surface area (Å²) >= 11 is 1.72. The van der Waals surface area contributed by atoms with E-state index in [1.807, 2.05) is 6.07 Å². The number of nitrogens with two attached hydrogens (primary N) is 1. The predicted molar refractivity (Wildman–Crippen MR) is 84.8 cm³/mol. The van der Waals surface area contributed by atoms with Crippen LogP contribution in [0, 0.1) is 5.92 Å². The average Bonchev–Trinajstić information content (AvgIpc) is 2.90. The second-order valence-electron chi connectivity index (χ2n) is 4.53. The van der Waals surface area contributed by atoms with Crippen molar-refractivity contribution in [3.05, 3.63) is 22.4 Å². The van der Waals surface area contributed by atoms with Gasteiger partial charge >= 0.3 is 0 Å². The predicted octanol–water partition coefficient (Wildman–Crippen LogP) is 3.50. The van der Waals surface area contributed by atoms with E-state index >= 15 is 0 Å². The average molecular weight is 305 g/mol. The fraction of sp³-hybridized carbons (Fsp3) is 0.643. The fourth-order valence-corrected chi connectivity index (χ4v) is 3.03. The number of carbonyl (C=O) groups is 1. The maximum Gasteiger partial charge on any atom is 0.220 e. The standard InChI is InChI=1S/C14H24N2OS.ClH/c1-3-11(4-2)14(12-7-6-10-18-12)16-13(17)8-5-9-15;/h6-7,10-11,14H,3-5,8-9,15H2,1-2H3,(H,16,17);1H. The van der Waals surface area contributed by atoms with Gasteiger partial charge < -0.3 is 11.1 Å². The number of hydrogen-bond acceptors (Lipinski definition) is 3. The van der Waals surface area contributed by atoms with Crippen LogP contribution in [0.3, 0.4) is 0 Å². The van der Waals surface area contributed by atoms with Crippen LogP contribution in [0.5, 0.6) is 0 Å². The quantitative estimate of drug-likeness (QED) is 0.772. The molecule has 1 aromatic heterocycles. The highest BCUT2D eigenvalue weighted by atomic mass is 35.5. The van der Waals surface area contributed by atoms with Crippen LogP contribution in [0.15, 0.2) is 17.5 Å². The molecule has 0 bridgehead atoms. The Balaban J connectivity index is 0.00000324. The third-order valence-corrected chi connectivity index (χ3v) is 4.25. The molecule has 0 aliphatic carbocycles. The maximum absolute atomic E-state index is 11.9. The minimum atomic E-state index is 0. The number of amides is 1. The van der Waals surface area contributed by atoms with E-state index in [1.165, 1.54) is 4.88 Å². The second-order valence-corrected chi connectivity index (χ2v) is 5.51. The minimum absolute atomic E-state index is 0. The zero-order chi connectivity index (χ0) is 13.4. The lowest BCUT2D eigenvalue weighted by Crippen LogP contribution is -2.32. The van der Waals surface area contributed by atoms with E-state index in [1.54, 1.807) is 11.3 Å². The molecule has 1 rings (SSSR count). The zero-order valence-corrected chi connectivity index (χ0v) is 13.4. The summed E-state index contributed by atoms with van der Waals surface area (Å²) in [6.07, 6.45) is 3.44. The summed E-state index contributed by atoms with van der Waals surface area (Å²) in [5.74, 6) is 0.622. The Morgan fingerprint density at radius 3 is 2.58 bits per heavy atom. The second kappa shape index (κ2) is 10.2. The molecule has 110 valence electrons. The summed E-state index contributed by atoms with van der Waals surface area (Å²) in [4.78, 5) is 13.1. The van der Waals surface area contributed by atoms with Gasteiger partial charge in [0.05, 0.1) is 6.04 Å². The van der Waals surface area contributed by atoms with Crippen molar-refractivity contribution < 1.29 is 4.79 Å². The van der Waals surface area contributed by atoms with E-state index in [4.69, 9.17) is 5.73 Å². The van der Waals surface area contributed by atoms with Crippen molar-refractivity contribution in [3.63, 3.8) is 0 Å². The molecule has 0 fully saturated rings. The van der Waals surface area contributed by atoms with Crippen molar-refractivity contribution in [1.82, 2.24) is 5.32 Å². The first-order valence-electron chi connectivity index (χ1n) is 6.75. The maximum atomic E-state index is 11.9. The normalized spacial score (nSPS) is 12.0. The van der Waals surface area contributed by atoms with Crippen molar-refractivity contribution in [2.24, 2.45) is 11.7 Å². The molecule has 0 radical (unpaired) electrons. The summed E-state index contributed by atoms with van der Waals surface area (Å²) in [6.45, 7) is 4.93. The molecule has 0 aliphatic rings. The molecule has 0 saturated heterocycles. The van der Waals surface area contributed by atoms with E-state index in [9.17, 15) is 4.79 Å². The van der Waals surface area contributed by atoms with Gasteiger partial charge in [0.15, 0.2) is 0 Å². The molecule has 1 aromatic rings. The molecule has 5 heteroatoms. The van der Waals surface area contributed by atoms with Gasteiger partial charge in [0.1, 0.15) is 0 Å². The lowest BCUT2D eigenvalue weighted by molar-refractivity contribution is -0.122. The molecule has 3 N–H and O–H groups in total. The Morgan fingerprint density at radius 2 is 2.11 bits per heavy atom. The Morgan fingerprint density at radius 1 is 1.42 bits per heavy atom. The third kappa shape index (κ3) is 5.93. The van der Waals surface area contributed by atoms with Gasteiger partial charge in [-0.2, -0.15) is 0 Å². The molecule has 0 saturated carbocycles. The molecule has 0 spiro atoms. The fourth-order valence-electron chi connectivity index (χ4n) is 2.16. The summed E-state index contributed by atoms with van der Waals surface area (Å²) < 4.78 is 0. The number of carbonyl (C=O) groups excluding carboxylic acids is 1. The van der Waals surface area contributed by atoms with Crippen molar-refractivity contribution in [1.29, 1.82) is 0 Å². The highest BCUT2D eigenvalue weighted by Gasteiger charge is 2.22. The van der Waals surface area contributed by atoms with Crippen molar-refractivity contribution in [2.75, 3.05) is 6.54 Å². The Bertz CT molecular complexity index is 339. The number of hydrogen-bond donors (Lipinski definition) is 2. The van der Waals surface area contributed by atoms with Gasteiger partial charge in [0.2, 0.25) is 5.91 Å². The van der Waals surface area contributed by atoms with Gasteiger partial charge in [-0.15, -0.1) is 23.7 Å². The highest BCUT2D eigenvalue weighted by Crippen LogP contribution is 2.30. The number of thiophene rings is 1. The smallest absolute Gasteiger partial charge is 0.220 e. The third-order valence-electron chi connectivity index (χ3n) is 3.29. The Hall–Kier alpha value is -0.580. The molecule has 0 aromatic carbocycles. The van der Waals surface area contributed by atoms with Gasteiger partial charge in [-0.1, -0.05) is 32.8 Å². The van der Waals surface area contributed by atoms with Crippen molar-refractivity contribution in [2.45, 2.75) is 45.6 Å². The lowest BCUT2D eigenvalue weighted by atomic mass is 9.93. The molecule has 19 heavy (non-hydrogen) atoms. The SMILES string of the molecule is CCC(CC)C(NC(=O)CCCN)c1cccs1.Cl. The van der Waals surface area contributed by atoms with Crippen LogP contribution >= 0.6 is 23.7 Å². The van der Waals surface area contributed by atoms with Gasteiger partial charge in [0, 0.05) is 11.3 Å². The number of halogens is 1. The van der Waals surface area contributed by atoms with Crippen molar-refractivity contribution in [3.8, 4) is 0 Å². The lowest BCUT2D eigenvalue weighted by Gasteiger charge is -2.25. The van der Waals surface area contributed by atoms with E-state index in [0.717, 1.165) is 19.3 Å². The molecule has 0 aliphatic heterocycles. The van der Waals surface area contributed by atoms with Crippen LogP contribution in [0.4, 0.5) is 0 Å². The monoisotopic (exact) mass is 304 g/mol. The molecule has 3 nitrogen and oxygen atoms in total. The molecular formula is C14H25ClN2OS. The van der Waals surface area contributed by atoms with Crippen molar-refractivity contribution >= 4 is 29.7 Å². The minimum Gasteiger partial charge on any atom is -0.348 e. The van der Waals surface area contributed by atoms with E-state index in [0.29, 0.717) is 18.9 Å². The van der Waals surface area contributed by atoms with E-state index in [2.05, 4.69) is 30.6 Å². The first kappa shape index (κ1) is 18.4. The molecule has 1 unspecified atom stereocenters.